The van der Waals surface area contributed by atoms with Crippen LogP contribution in [0.15, 0.2) is 24.3 Å². The standard InChI is InChI=1S/C17H22ClN3O2/c1-2-20-9-11-21(12-10-20)16(23)17(7-8-17)15(22)19-14-6-4-3-5-13(14)18/h3-6H,2,7-12H2,1H3,(H,19,22). The van der Waals surface area contributed by atoms with Crippen LogP contribution in [0.25, 0.3) is 0 Å². The smallest absolute Gasteiger partial charge is 0.240 e. The van der Waals surface area contributed by atoms with Crippen molar-refractivity contribution in [3.05, 3.63) is 29.3 Å². The van der Waals surface area contributed by atoms with Gasteiger partial charge in [0, 0.05) is 26.2 Å². The molecule has 1 aliphatic carbocycles. The maximum atomic E-state index is 12.8. The van der Waals surface area contributed by atoms with Crippen LogP contribution in [0, 0.1) is 5.41 Å². The quantitative estimate of drug-likeness (QED) is 0.858. The van der Waals surface area contributed by atoms with Crippen LogP contribution in [-0.4, -0.2) is 54.3 Å². The first kappa shape index (κ1) is 16.3. The number of hydrogen-bond donors (Lipinski definition) is 1. The lowest BCUT2D eigenvalue weighted by Gasteiger charge is -2.35. The fourth-order valence-corrected chi connectivity index (χ4v) is 3.22. The Morgan fingerprint density at radius 2 is 1.83 bits per heavy atom. The molecule has 124 valence electrons. The summed E-state index contributed by atoms with van der Waals surface area (Å²) in [6.45, 7) is 6.29. The molecule has 0 unspecified atom stereocenters. The van der Waals surface area contributed by atoms with E-state index in [2.05, 4.69) is 17.1 Å². The van der Waals surface area contributed by atoms with Gasteiger partial charge in [-0.3, -0.25) is 9.59 Å². The first-order valence-electron chi connectivity index (χ1n) is 8.14. The summed E-state index contributed by atoms with van der Waals surface area (Å²) in [6.07, 6.45) is 1.24. The summed E-state index contributed by atoms with van der Waals surface area (Å²) in [5.74, 6) is -0.258. The van der Waals surface area contributed by atoms with E-state index in [0.717, 1.165) is 19.6 Å². The maximum absolute atomic E-state index is 12.8. The zero-order chi connectivity index (χ0) is 16.4. The fourth-order valence-electron chi connectivity index (χ4n) is 3.04. The number of benzene rings is 1. The highest BCUT2D eigenvalue weighted by Crippen LogP contribution is 2.48. The molecule has 23 heavy (non-hydrogen) atoms. The van der Waals surface area contributed by atoms with E-state index in [0.29, 0.717) is 36.6 Å². The molecule has 1 aromatic rings. The van der Waals surface area contributed by atoms with E-state index in [1.165, 1.54) is 0 Å². The van der Waals surface area contributed by atoms with Crippen LogP contribution in [0.4, 0.5) is 5.69 Å². The molecule has 1 saturated carbocycles. The number of anilines is 1. The summed E-state index contributed by atoms with van der Waals surface area (Å²) in [5.41, 5.74) is -0.317. The lowest BCUT2D eigenvalue weighted by Crippen LogP contribution is -2.52. The average molecular weight is 336 g/mol. The molecule has 1 aromatic carbocycles. The molecule has 0 bridgehead atoms. The van der Waals surface area contributed by atoms with Gasteiger partial charge < -0.3 is 15.1 Å². The third-order valence-electron chi connectivity index (χ3n) is 4.82. The minimum Gasteiger partial charge on any atom is -0.339 e. The van der Waals surface area contributed by atoms with Crippen molar-refractivity contribution < 1.29 is 9.59 Å². The average Bonchev–Trinajstić information content (AvgIpc) is 3.38. The Kier molecular flexibility index (Phi) is 4.60. The van der Waals surface area contributed by atoms with Crippen LogP contribution in [0.5, 0.6) is 0 Å². The van der Waals surface area contributed by atoms with E-state index in [1.807, 2.05) is 17.0 Å². The third kappa shape index (κ3) is 3.21. The number of hydrogen-bond acceptors (Lipinski definition) is 3. The zero-order valence-corrected chi connectivity index (χ0v) is 14.1. The summed E-state index contributed by atoms with van der Waals surface area (Å²) in [4.78, 5) is 29.6. The number of carbonyl (C=O) groups is 2. The minimum atomic E-state index is -0.881. The number of halogens is 1. The summed E-state index contributed by atoms with van der Waals surface area (Å²) in [7, 11) is 0. The predicted octanol–water partition coefficient (Wildman–Crippen LogP) is 2.22. The summed E-state index contributed by atoms with van der Waals surface area (Å²) in [5, 5.41) is 3.31. The number of amides is 2. The molecule has 2 fully saturated rings. The van der Waals surface area contributed by atoms with Crippen molar-refractivity contribution in [2.24, 2.45) is 5.41 Å². The van der Waals surface area contributed by atoms with Crippen molar-refractivity contribution in [3.8, 4) is 0 Å². The van der Waals surface area contributed by atoms with Crippen LogP contribution >= 0.6 is 11.6 Å². The second-order valence-corrected chi connectivity index (χ2v) is 6.65. The Balaban J connectivity index is 1.66. The van der Waals surface area contributed by atoms with Crippen molar-refractivity contribution in [3.63, 3.8) is 0 Å². The van der Waals surface area contributed by atoms with Gasteiger partial charge >= 0.3 is 0 Å². The molecule has 2 aliphatic rings. The van der Waals surface area contributed by atoms with Gasteiger partial charge in [-0.1, -0.05) is 30.7 Å². The Bertz CT molecular complexity index is 608. The highest BCUT2D eigenvalue weighted by molar-refractivity contribution is 6.34. The van der Waals surface area contributed by atoms with Gasteiger partial charge in [0.15, 0.2) is 0 Å². The zero-order valence-electron chi connectivity index (χ0n) is 13.3. The van der Waals surface area contributed by atoms with Crippen molar-refractivity contribution in [2.45, 2.75) is 19.8 Å². The monoisotopic (exact) mass is 335 g/mol. The maximum Gasteiger partial charge on any atom is 0.240 e. The van der Waals surface area contributed by atoms with Gasteiger partial charge in [-0.2, -0.15) is 0 Å². The van der Waals surface area contributed by atoms with Gasteiger partial charge in [-0.05, 0) is 31.5 Å². The van der Waals surface area contributed by atoms with E-state index in [1.54, 1.807) is 12.1 Å². The van der Waals surface area contributed by atoms with E-state index in [4.69, 9.17) is 11.6 Å². The summed E-state index contributed by atoms with van der Waals surface area (Å²) in [6, 6.07) is 7.10. The van der Waals surface area contributed by atoms with Gasteiger partial charge in [0.1, 0.15) is 5.41 Å². The van der Waals surface area contributed by atoms with E-state index < -0.39 is 5.41 Å². The van der Waals surface area contributed by atoms with Crippen molar-refractivity contribution in [1.29, 1.82) is 0 Å². The Morgan fingerprint density at radius 1 is 1.17 bits per heavy atom. The molecule has 1 saturated heterocycles. The second-order valence-electron chi connectivity index (χ2n) is 6.24. The molecule has 1 aliphatic heterocycles. The molecule has 1 N–H and O–H groups in total. The van der Waals surface area contributed by atoms with Crippen LogP contribution in [0.2, 0.25) is 5.02 Å². The molecular weight excluding hydrogens is 314 g/mol. The minimum absolute atomic E-state index is 0.0298. The number of carbonyl (C=O) groups excluding carboxylic acids is 2. The van der Waals surface area contributed by atoms with Crippen molar-refractivity contribution >= 4 is 29.1 Å². The Morgan fingerprint density at radius 3 is 2.39 bits per heavy atom. The third-order valence-corrected chi connectivity index (χ3v) is 5.15. The van der Waals surface area contributed by atoms with E-state index in [9.17, 15) is 9.59 Å². The molecule has 0 atom stereocenters. The van der Waals surface area contributed by atoms with Crippen molar-refractivity contribution in [1.82, 2.24) is 9.80 Å². The molecule has 0 radical (unpaired) electrons. The van der Waals surface area contributed by atoms with Crippen LogP contribution in [-0.2, 0) is 9.59 Å². The van der Waals surface area contributed by atoms with E-state index in [-0.39, 0.29) is 11.8 Å². The molecular formula is C17H22ClN3O2. The first-order chi connectivity index (χ1) is 11.1. The number of likely N-dealkylation sites (N-methyl/N-ethyl adjacent to an activating group) is 1. The number of piperazine rings is 1. The van der Waals surface area contributed by atoms with Crippen LogP contribution in [0.1, 0.15) is 19.8 Å². The van der Waals surface area contributed by atoms with Crippen molar-refractivity contribution in [2.75, 3.05) is 38.0 Å². The molecule has 5 nitrogen and oxygen atoms in total. The Labute approximate surface area is 141 Å². The SMILES string of the molecule is CCN1CCN(C(=O)C2(C(=O)Nc3ccccc3Cl)CC2)CC1. The lowest BCUT2D eigenvalue weighted by atomic mass is 10.0. The highest BCUT2D eigenvalue weighted by Gasteiger charge is 2.58. The molecule has 2 amide bonds. The molecule has 3 rings (SSSR count). The summed E-state index contributed by atoms with van der Waals surface area (Å²) < 4.78 is 0. The highest BCUT2D eigenvalue weighted by atomic mass is 35.5. The largest absolute Gasteiger partial charge is 0.339 e. The second kappa shape index (κ2) is 6.49. The molecule has 0 spiro atoms. The molecule has 0 aromatic heterocycles. The molecule has 6 heteroatoms. The summed E-state index contributed by atoms with van der Waals surface area (Å²) >= 11 is 6.08. The van der Waals surface area contributed by atoms with Gasteiger partial charge in [0.2, 0.25) is 11.8 Å². The normalized spacial score (nSPS) is 20.2. The van der Waals surface area contributed by atoms with Gasteiger partial charge in [-0.15, -0.1) is 0 Å². The number of nitrogens with zero attached hydrogens (tertiary/aromatic N) is 2. The van der Waals surface area contributed by atoms with Crippen LogP contribution in [0.3, 0.4) is 0 Å². The topological polar surface area (TPSA) is 52.7 Å². The van der Waals surface area contributed by atoms with Gasteiger partial charge in [-0.25, -0.2) is 0 Å². The van der Waals surface area contributed by atoms with E-state index >= 15 is 0 Å². The van der Waals surface area contributed by atoms with Gasteiger partial charge in [0.05, 0.1) is 10.7 Å². The van der Waals surface area contributed by atoms with Gasteiger partial charge in [0.25, 0.3) is 0 Å². The number of para-hydroxylation sites is 1. The van der Waals surface area contributed by atoms with Crippen LogP contribution < -0.4 is 5.32 Å². The number of rotatable bonds is 4. The Hall–Kier alpha value is -1.59. The fraction of sp³-hybridized carbons (Fsp3) is 0.529. The lowest BCUT2D eigenvalue weighted by molar-refractivity contribution is -0.143. The first-order valence-corrected chi connectivity index (χ1v) is 8.52. The number of nitrogens with one attached hydrogen (secondary N) is 1. The predicted molar refractivity (Wildman–Crippen MR) is 90.4 cm³/mol. The molecule has 1 heterocycles.